The predicted molar refractivity (Wildman–Crippen MR) is 66.3 cm³/mol. The van der Waals surface area contributed by atoms with Crippen LogP contribution in [0.5, 0.6) is 0 Å². The van der Waals surface area contributed by atoms with Gasteiger partial charge in [-0.05, 0) is 37.6 Å². The molecule has 1 unspecified atom stereocenters. The third kappa shape index (κ3) is 4.90. The van der Waals surface area contributed by atoms with Gasteiger partial charge in [-0.3, -0.25) is 4.79 Å². The number of halogens is 3. The minimum atomic E-state index is -4.38. The highest BCUT2D eigenvalue weighted by Gasteiger charge is 2.30. The Morgan fingerprint density at radius 2 is 2.11 bits per heavy atom. The molecule has 6 heteroatoms. The fourth-order valence-electron chi connectivity index (χ4n) is 1.64. The predicted octanol–water partition coefficient (Wildman–Crippen LogP) is 2.62. The molecule has 0 aliphatic carbocycles. The molecule has 0 fully saturated rings. The van der Waals surface area contributed by atoms with Crippen molar-refractivity contribution < 1.29 is 18.0 Å². The molecule has 1 rings (SSSR count). The smallest absolute Gasteiger partial charge is 0.350 e. The van der Waals surface area contributed by atoms with Crippen molar-refractivity contribution in [3.63, 3.8) is 0 Å². The van der Waals surface area contributed by atoms with Crippen molar-refractivity contribution in [2.45, 2.75) is 32.0 Å². The second-order valence-corrected chi connectivity index (χ2v) is 4.30. The molecule has 0 saturated carbocycles. The number of nitrogens with two attached hydrogens (primary N) is 1. The van der Waals surface area contributed by atoms with Crippen LogP contribution in [0.4, 0.5) is 13.2 Å². The van der Waals surface area contributed by atoms with Crippen LogP contribution in [0.15, 0.2) is 24.3 Å². The first-order valence-corrected chi connectivity index (χ1v) is 6.01. The van der Waals surface area contributed by atoms with E-state index in [1.54, 1.807) is 13.0 Å². The Balaban J connectivity index is 2.72. The Kier molecular flexibility index (Phi) is 5.35. The van der Waals surface area contributed by atoms with Gasteiger partial charge in [0.15, 0.2) is 0 Å². The number of nitrogens with one attached hydrogen (secondary N) is 1. The highest BCUT2D eigenvalue weighted by atomic mass is 19.4. The summed E-state index contributed by atoms with van der Waals surface area (Å²) in [5.74, 6) is -0.213. The minimum Gasteiger partial charge on any atom is -0.350 e. The van der Waals surface area contributed by atoms with Crippen molar-refractivity contribution >= 4 is 5.91 Å². The lowest BCUT2D eigenvalue weighted by Gasteiger charge is -2.16. The van der Waals surface area contributed by atoms with Gasteiger partial charge in [0.2, 0.25) is 5.91 Å². The number of hydrogen-bond donors (Lipinski definition) is 2. The van der Waals surface area contributed by atoms with Crippen LogP contribution in [0.25, 0.3) is 0 Å². The van der Waals surface area contributed by atoms with E-state index in [1.165, 1.54) is 6.07 Å². The van der Waals surface area contributed by atoms with Crippen molar-refractivity contribution in [3.8, 4) is 0 Å². The SMILES string of the molecule is CC(NC(=O)CCCN)c1cccc(C(F)(F)F)c1. The summed E-state index contributed by atoms with van der Waals surface area (Å²) in [5.41, 5.74) is 4.99. The summed E-state index contributed by atoms with van der Waals surface area (Å²) >= 11 is 0. The lowest BCUT2D eigenvalue weighted by atomic mass is 10.0. The maximum Gasteiger partial charge on any atom is 0.416 e. The maximum absolute atomic E-state index is 12.6. The Morgan fingerprint density at radius 3 is 2.68 bits per heavy atom. The summed E-state index contributed by atoms with van der Waals surface area (Å²) in [6.07, 6.45) is -3.54. The highest BCUT2D eigenvalue weighted by Crippen LogP contribution is 2.30. The molecule has 106 valence electrons. The second-order valence-electron chi connectivity index (χ2n) is 4.30. The number of amides is 1. The lowest BCUT2D eigenvalue weighted by Crippen LogP contribution is -2.27. The van der Waals surface area contributed by atoms with Gasteiger partial charge in [0.25, 0.3) is 0 Å². The van der Waals surface area contributed by atoms with Gasteiger partial charge in [0.1, 0.15) is 0 Å². The van der Waals surface area contributed by atoms with Gasteiger partial charge >= 0.3 is 6.18 Å². The lowest BCUT2D eigenvalue weighted by molar-refractivity contribution is -0.137. The zero-order valence-electron chi connectivity index (χ0n) is 10.6. The zero-order chi connectivity index (χ0) is 14.5. The average molecular weight is 274 g/mol. The molecule has 1 aromatic carbocycles. The van der Waals surface area contributed by atoms with E-state index in [2.05, 4.69) is 5.32 Å². The van der Waals surface area contributed by atoms with E-state index in [4.69, 9.17) is 5.73 Å². The molecular formula is C13H17F3N2O. The second kappa shape index (κ2) is 6.56. The van der Waals surface area contributed by atoms with Crippen LogP contribution < -0.4 is 11.1 Å². The standard InChI is InChI=1S/C13H17F3N2O/c1-9(18-12(19)6-3-7-17)10-4-2-5-11(8-10)13(14,15)16/h2,4-5,8-9H,3,6-7,17H2,1H3,(H,18,19). The van der Waals surface area contributed by atoms with E-state index in [-0.39, 0.29) is 12.3 Å². The summed E-state index contributed by atoms with van der Waals surface area (Å²) in [4.78, 5) is 11.5. The van der Waals surface area contributed by atoms with Gasteiger partial charge in [-0.15, -0.1) is 0 Å². The molecule has 0 aliphatic rings. The van der Waals surface area contributed by atoms with E-state index in [0.717, 1.165) is 12.1 Å². The van der Waals surface area contributed by atoms with Crippen LogP contribution in [0.2, 0.25) is 0 Å². The van der Waals surface area contributed by atoms with Gasteiger partial charge in [0, 0.05) is 6.42 Å². The van der Waals surface area contributed by atoms with Gasteiger partial charge in [-0.1, -0.05) is 12.1 Å². The molecular weight excluding hydrogens is 257 g/mol. The first-order valence-electron chi connectivity index (χ1n) is 6.01. The third-order valence-corrected chi connectivity index (χ3v) is 2.70. The van der Waals surface area contributed by atoms with E-state index in [9.17, 15) is 18.0 Å². The molecule has 1 aromatic rings. The fourth-order valence-corrected chi connectivity index (χ4v) is 1.64. The van der Waals surface area contributed by atoms with Crippen LogP contribution in [-0.4, -0.2) is 12.5 Å². The van der Waals surface area contributed by atoms with Crippen molar-refractivity contribution in [1.29, 1.82) is 0 Å². The molecule has 0 saturated heterocycles. The summed E-state index contributed by atoms with van der Waals surface area (Å²) in [6.45, 7) is 2.06. The number of hydrogen-bond acceptors (Lipinski definition) is 2. The van der Waals surface area contributed by atoms with Gasteiger partial charge < -0.3 is 11.1 Å². The quantitative estimate of drug-likeness (QED) is 0.867. The monoisotopic (exact) mass is 274 g/mol. The van der Waals surface area contributed by atoms with Gasteiger partial charge in [-0.2, -0.15) is 13.2 Å². The van der Waals surface area contributed by atoms with Gasteiger partial charge in [-0.25, -0.2) is 0 Å². The van der Waals surface area contributed by atoms with Crippen LogP contribution in [0.1, 0.15) is 36.9 Å². The van der Waals surface area contributed by atoms with E-state index in [0.29, 0.717) is 18.5 Å². The molecule has 0 heterocycles. The number of carbonyl (C=O) groups is 1. The van der Waals surface area contributed by atoms with Crippen LogP contribution in [0.3, 0.4) is 0 Å². The average Bonchev–Trinajstić information content (AvgIpc) is 2.35. The van der Waals surface area contributed by atoms with Crippen LogP contribution in [-0.2, 0) is 11.0 Å². The number of benzene rings is 1. The van der Waals surface area contributed by atoms with Crippen LogP contribution in [0, 0.1) is 0 Å². The van der Waals surface area contributed by atoms with Gasteiger partial charge in [0.05, 0.1) is 11.6 Å². The molecule has 3 N–H and O–H groups in total. The van der Waals surface area contributed by atoms with Crippen LogP contribution >= 0.6 is 0 Å². The molecule has 1 amide bonds. The van der Waals surface area contributed by atoms with Crippen molar-refractivity contribution in [2.75, 3.05) is 6.54 Å². The Morgan fingerprint density at radius 1 is 1.42 bits per heavy atom. The minimum absolute atomic E-state index is 0.213. The Bertz CT molecular complexity index is 432. The summed E-state index contributed by atoms with van der Waals surface area (Å²) in [7, 11) is 0. The maximum atomic E-state index is 12.6. The Hall–Kier alpha value is -1.56. The molecule has 3 nitrogen and oxygen atoms in total. The van der Waals surface area contributed by atoms with Crippen molar-refractivity contribution in [3.05, 3.63) is 35.4 Å². The molecule has 0 bridgehead atoms. The van der Waals surface area contributed by atoms with Crippen molar-refractivity contribution in [1.82, 2.24) is 5.32 Å². The topological polar surface area (TPSA) is 55.1 Å². The normalized spacial score (nSPS) is 13.1. The molecule has 0 spiro atoms. The Labute approximate surface area is 110 Å². The summed E-state index contributed by atoms with van der Waals surface area (Å²) < 4.78 is 37.7. The highest BCUT2D eigenvalue weighted by molar-refractivity contribution is 5.76. The van der Waals surface area contributed by atoms with E-state index in [1.807, 2.05) is 0 Å². The molecule has 0 radical (unpaired) electrons. The van der Waals surface area contributed by atoms with Crippen molar-refractivity contribution in [2.24, 2.45) is 5.73 Å². The zero-order valence-corrected chi connectivity index (χ0v) is 10.6. The number of carbonyl (C=O) groups excluding carboxylic acids is 1. The fraction of sp³-hybridized carbons (Fsp3) is 0.462. The molecule has 0 aromatic heterocycles. The van der Waals surface area contributed by atoms with E-state index >= 15 is 0 Å². The third-order valence-electron chi connectivity index (χ3n) is 2.70. The summed E-state index contributed by atoms with van der Waals surface area (Å²) in [5, 5.41) is 2.65. The summed E-state index contributed by atoms with van der Waals surface area (Å²) in [6, 6.07) is 4.48. The molecule has 19 heavy (non-hydrogen) atoms. The van der Waals surface area contributed by atoms with E-state index < -0.39 is 17.8 Å². The first-order chi connectivity index (χ1) is 8.84. The first kappa shape index (κ1) is 15.5. The number of rotatable bonds is 5. The number of alkyl halides is 3. The molecule has 1 atom stereocenters. The molecule has 0 aliphatic heterocycles. The largest absolute Gasteiger partial charge is 0.416 e.